The summed E-state index contributed by atoms with van der Waals surface area (Å²) in [7, 11) is 0. The quantitative estimate of drug-likeness (QED) is 0.890. The van der Waals surface area contributed by atoms with Crippen molar-refractivity contribution in [3.05, 3.63) is 47.8 Å². The summed E-state index contributed by atoms with van der Waals surface area (Å²) in [6.45, 7) is 5.09. The molecule has 0 unspecified atom stereocenters. The Morgan fingerprint density at radius 1 is 1.30 bits per heavy atom. The molecule has 1 aromatic heterocycles. The van der Waals surface area contributed by atoms with E-state index >= 15 is 0 Å². The molecule has 0 saturated heterocycles. The van der Waals surface area contributed by atoms with E-state index in [2.05, 4.69) is 41.6 Å². The first-order valence-electron chi connectivity index (χ1n) is 7.85. The predicted molar refractivity (Wildman–Crippen MR) is 90.7 cm³/mol. The lowest BCUT2D eigenvalue weighted by molar-refractivity contribution is -0.118. The van der Waals surface area contributed by atoms with E-state index in [9.17, 15) is 4.79 Å². The van der Waals surface area contributed by atoms with Crippen molar-refractivity contribution < 1.29 is 9.53 Å². The number of amides is 1. The molecule has 2 aromatic rings. The smallest absolute Gasteiger partial charge is 0.262 e. The molecule has 23 heavy (non-hydrogen) atoms. The highest BCUT2D eigenvalue weighted by molar-refractivity contribution is 5.97. The molecule has 0 aliphatic carbocycles. The van der Waals surface area contributed by atoms with Crippen molar-refractivity contribution in [1.29, 1.82) is 0 Å². The Morgan fingerprint density at radius 3 is 2.91 bits per heavy atom. The first kappa shape index (κ1) is 15.3. The zero-order valence-electron chi connectivity index (χ0n) is 13.4. The molecule has 0 atom stereocenters. The van der Waals surface area contributed by atoms with Gasteiger partial charge in [-0.25, -0.2) is 0 Å². The lowest BCUT2D eigenvalue weighted by atomic mass is 10.1. The van der Waals surface area contributed by atoms with Crippen molar-refractivity contribution >= 4 is 17.3 Å². The molecule has 0 fully saturated rings. The molecule has 2 N–H and O–H groups in total. The minimum atomic E-state index is -0.125. The van der Waals surface area contributed by atoms with Crippen LogP contribution in [0.25, 0.3) is 0 Å². The summed E-state index contributed by atoms with van der Waals surface area (Å²) < 4.78 is 5.53. The Hall–Kier alpha value is -2.56. The van der Waals surface area contributed by atoms with E-state index in [1.54, 1.807) is 0 Å². The molecular weight excluding hydrogens is 290 g/mol. The predicted octanol–water partition coefficient (Wildman–Crippen LogP) is 3.22. The summed E-state index contributed by atoms with van der Waals surface area (Å²) in [5.41, 5.74) is 3.80. The van der Waals surface area contributed by atoms with Gasteiger partial charge >= 0.3 is 0 Å². The van der Waals surface area contributed by atoms with E-state index < -0.39 is 0 Å². The molecule has 120 valence electrons. The van der Waals surface area contributed by atoms with Gasteiger partial charge in [0.15, 0.2) is 12.4 Å². The number of anilines is 2. The number of nitrogens with one attached hydrogen (secondary N) is 2. The lowest BCUT2D eigenvalue weighted by Crippen LogP contribution is -2.25. The second-order valence-electron chi connectivity index (χ2n) is 6.13. The third-order valence-electron chi connectivity index (χ3n) is 3.62. The molecule has 1 aromatic carbocycles. The number of ether oxygens (including phenoxy) is 1. The second kappa shape index (κ2) is 6.69. The summed E-state index contributed by atoms with van der Waals surface area (Å²) in [5.74, 6) is 1.17. The van der Waals surface area contributed by atoms with Crippen molar-refractivity contribution in [1.82, 2.24) is 4.98 Å². The Morgan fingerprint density at radius 2 is 2.17 bits per heavy atom. The molecule has 3 rings (SSSR count). The van der Waals surface area contributed by atoms with Crippen LogP contribution >= 0.6 is 0 Å². The van der Waals surface area contributed by atoms with Crippen molar-refractivity contribution in [2.24, 2.45) is 5.92 Å². The SMILES string of the molecule is CC(C)Cc1ccc(CNc2cccc3c2OCC(=O)N3)cn1. The number of aromatic nitrogens is 1. The monoisotopic (exact) mass is 311 g/mol. The van der Waals surface area contributed by atoms with Gasteiger partial charge in [0.1, 0.15) is 0 Å². The number of hydrogen-bond acceptors (Lipinski definition) is 4. The first-order chi connectivity index (χ1) is 11.1. The fraction of sp³-hybridized carbons (Fsp3) is 0.333. The van der Waals surface area contributed by atoms with Crippen LogP contribution in [-0.2, 0) is 17.8 Å². The van der Waals surface area contributed by atoms with E-state index in [0.717, 1.165) is 23.4 Å². The van der Waals surface area contributed by atoms with Gasteiger partial charge in [-0.2, -0.15) is 0 Å². The summed E-state index contributed by atoms with van der Waals surface area (Å²) >= 11 is 0. The molecule has 0 radical (unpaired) electrons. The Labute approximate surface area is 136 Å². The third-order valence-corrected chi connectivity index (χ3v) is 3.62. The summed E-state index contributed by atoms with van der Waals surface area (Å²) in [5, 5.41) is 6.16. The molecule has 0 spiro atoms. The Balaban J connectivity index is 1.67. The van der Waals surface area contributed by atoms with Crippen molar-refractivity contribution in [3.63, 3.8) is 0 Å². The van der Waals surface area contributed by atoms with Gasteiger partial charge in [-0.3, -0.25) is 9.78 Å². The fourth-order valence-electron chi connectivity index (χ4n) is 2.55. The number of rotatable bonds is 5. The van der Waals surface area contributed by atoms with Gasteiger partial charge in [0.05, 0.1) is 11.4 Å². The molecule has 0 bridgehead atoms. The van der Waals surface area contributed by atoms with Crippen LogP contribution in [0.2, 0.25) is 0 Å². The standard InChI is InChI=1S/C18H21N3O2/c1-12(2)8-14-7-6-13(9-19-14)10-20-15-4-3-5-16-18(15)23-11-17(22)21-16/h3-7,9,12,20H,8,10-11H2,1-2H3,(H,21,22). The molecule has 0 saturated carbocycles. The van der Waals surface area contributed by atoms with Gasteiger partial charge in [0.2, 0.25) is 0 Å². The second-order valence-corrected chi connectivity index (χ2v) is 6.13. The van der Waals surface area contributed by atoms with Crippen molar-refractivity contribution in [2.75, 3.05) is 17.2 Å². The van der Waals surface area contributed by atoms with Crippen molar-refractivity contribution in [3.8, 4) is 5.75 Å². The van der Waals surface area contributed by atoms with E-state index in [4.69, 9.17) is 4.74 Å². The largest absolute Gasteiger partial charge is 0.479 e. The lowest BCUT2D eigenvalue weighted by Gasteiger charge is -2.21. The van der Waals surface area contributed by atoms with Crippen LogP contribution in [0.15, 0.2) is 36.5 Å². The summed E-state index contributed by atoms with van der Waals surface area (Å²) in [4.78, 5) is 15.9. The molecule has 2 heterocycles. The van der Waals surface area contributed by atoms with Crippen LogP contribution in [-0.4, -0.2) is 17.5 Å². The Kier molecular flexibility index (Phi) is 4.46. The van der Waals surface area contributed by atoms with Crippen LogP contribution in [0.4, 0.5) is 11.4 Å². The average molecular weight is 311 g/mol. The number of carbonyl (C=O) groups excluding carboxylic acids is 1. The van der Waals surface area contributed by atoms with Crippen LogP contribution in [0.3, 0.4) is 0 Å². The average Bonchev–Trinajstić information content (AvgIpc) is 2.53. The minimum absolute atomic E-state index is 0.0527. The third kappa shape index (κ3) is 3.80. The fourth-order valence-corrected chi connectivity index (χ4v) is 2.55. The highest BCUT2D eigenvalue weighted by Crippen LogP contribution is 2.35. The van der Waals surface area contributed by atoms with Gasteiger partial charge in [0.25, 0.3) is 5.91 Å². The molecule has 1 aliphatic heterocycles. The highest BCUT2D eigenvalue weighted by atomic mass is 16.5. The first-order valence-corrected chi connectivity index (χ1v) is 7.85. The molecular formula is C18H21N3O2. The number of hydrogen-bond donors (Lipinski definition) is 2. The Bertz CT molecular complexity index is 696. The van der Waals surface area contributed by atoms with Crippen molar-refractivity contribution in [2.45, 2.75) is 26.8 Å². The van der Waals surface area contributed by atoms with Gasteiger partial charge in [-0.1, -0.05) is 26.0 Å². The zero-order chi connectivity index (χ0) is 16.2. The number of nitrogens with zero attached hydrogens (tertiary/aromatic N) is 1. The van der Waals surface area contributed by atoms with Gasteiger partial charge < -0.3 is 15.4 Å². The summed E-state index contributed by atoms with van der Waals surface area (Å²) in [6.07, 6.45) is 2.90. The molecule has 5 nitrogen and oxygen atoms in total. The molecule has 1 aliphatic rings. The number of fused-ring (bicyclic) bond motifs is 1. The van der Waals surface area contributed by atoms with E-state index in [1.165, 1.54) is 0 Å². The van der Waals surface area contributed by atoms with E-state index in [0.29, 0.717) is 23.9 Å². The van der Waals surface area contributed by atoms with E-state index in [-0.39, 0.29) is 12.5 Å². The number of para-hydroxylation sites is 1. The maximum atomic E-state index is 11.4. The molecule has 5 heteroatoms. The van der Waals surface area contributed by atoms with Gasteiger partial charge in [0, 0.05) is 18.4 Å². The van der Waals surface area contributed by atoms with Crippen LogP contribution in [0.5, 0.6) is 5.75 Å². The van der Waals surface area contributed by atoms with Gasteiger partial charge in [-0.05, 0) is 36.1 Å². The van der Waals surface area contributed by atoms with Crippen LogP contribution in [0, 0.1) is 5.92 Å². The highest BCUT2D eigenvalue weighted by Gasteiger charge is 2.18. The maximum Gasteiger partial charge on any atom is 0.262 e. The van der Waals surface area contributed by atoms with Crippen LogP contribution in [0.1, 0.15) is 25.1 Å². The number of carbonyl (C=O) groups is 1. The normalized spacial score (nSPS) is 13.3. The maximum absolute atomic E-state index is 11.4. The number of pyridine rings is 1. The summed E-state index contributed by atoms with van der Waals surface area (Å²) in [6, 6.07) is 9.83. The molecule has 1 amide bonds. The minimum Gasteiger partial charge on any atom is -0.479 e. The van der Waals surface area contributed by atoms with Crippen LogP contribution < -0.4 is 15.4 Å². The van der Waals surface area contributed by atoms with E-state index in [1.807, 2.05) is 24.4 Å². The number of benzene rings is 1. The van der Waals surface area contributed by atoms with Gasteiger partial charge in [-0.15, -0.1) is 0 Å². The zero-order valence-corrected chi connectivity index (χ0v) is 13.4. The topological polar surface area (TPSA) is 63.2 Å².